The molecule has 0 spiro atoms. The molecule has 5 nitrogen and oxygen atoms in total. The first-order valence-corrected chi connectivity index (χ1v) is 9.89. The summed E-state index contributed by atoms with van der Waals surface area (Å²) in [5, 5.41) is 19.8. The minimum absolute atomic E-state index is 0.113. The van der Waals surface area contributed by atoms with Crippen LogP contribution in [-0.4, -0.2) is 77.4 Å². The van der Waals surface area contributed by atoms with Crippen LogP contribution in [-0.2, 0) is 0 Å². The number of amidine groups is 1. The second kappa shape index (κ2) is 9.67. The fourth-order valence-corrected chi connectivity index (χ4v) is 4.20. The van der Waals surface area contributed by atoms with E-state index in [-0.39, 0.29) is 13.2 Å². The van der Waals surface area contributed by atoms with Crippen LogP contribution in [0.4, 0.5) is 0 Å². The number of hydrogen-bond acceptors (Lipinski definition) is 5. The Balaban J connectivity index is 1.98. The molecule has 0 aromatic heterocycles. The fourth-order valence-electron chi connectivity index (χ4n) is 3.58. The van der Waals surface area contributed by atoms with Crippen LogP contribution in [0.2, 0.25) is 0 Å². The topological polar surface area (TPSA) is 59.3 Å². The maximum atomic E-state index is 9.77. The van der Waals surface area contributed by atoms with E-state index in [1.807, 2.05) is 6.26 Å². The predicted octanol–water partition coefficient (Wildman–Crippen LogP) is 1.63. The molecule has 2 heterocycles. The predicted molar refractivity (Wildman–Crippen MR) is 97.7 cm³/mol. The van der Waals surface area contributed by atoms with Crippen LogP contribution >= 0.6 is 11.8 Å². The highest BCUT2D eigenvalue weighted by Gasteiger charge is 2.34. The van der Waals surface area contributed by atoms with Crippen LogP contribution in [0.5, 0.6) is 0 Å². The highest BCUT2D eigenvalue weighted by Crippen LogP contribution is 2.27. The molecular weight excluding hydrogens is 310 g/mol. The van der Waals surface area contributed by atoms with Crippen molar-refractivity contribution in [1.29, 1.82) is 0 Å². The van der Waals surface area contributed by atoms with E-state index in [1.54, 1.807) is 11.8 Å². The van der Waals surface area contributed by atoms with Crippen LogP contribution in [0.25, 0.3) is 0 Å². The molecule has 0 aliphatic carbocycles. The molecule has 2 aliphatic heterocycles. The van der Waals surface area contributed by atoms with Crippen molar-refractivity contribution in [2.24, 2.45) is 16.8 Å². The third-order valence-electron chi connectivity index (χ3n) is 4.89. The van der Waals surface area contributed by atoms with Gasteiger partial charge in [-0.3, -0.25) is 0 Å². The average molecular weight is 342 g/mol. The van der Waals surface area contributed by atoms with E-state index in [2.05, 4.69) is 21.4 Å². The number of nitrogens with zero attached hydrogens (tertiary/aromatic N) is 3. The molecule has 0 aromatic carbocycles. The van der Waals surface area contributed by atoms with Gasteiger partial charge in [-0.1, -0.05) is 31.2 Å². The molecule has 2 aliphatic rings. The first-order valence-electron chi connectivity index (χ1n) is 8.67. The summed E-state index contributed by atoms with van der Waals surface area (Å²) >= 11 is 1.58. The minimum Gasteiger partial charge on any atom is -0.396 e. The Hall–Kier alpha value is -0.560. The van der Waals surface area contributed by atoms with Gasteiger partial charge in [-0.05, 0) is 38.1 Å². The summed E-state index contributed by atoms with van der Waals surface area (Å²) in [5.74, 6) is 0.788. The lowest BCUT2D eigenvalue weighted by molar-refractivity contribution is 0.165. The summed E-state index contributed by atoms with van der Waals surface area (Å²) in [7, 11) is 0. The lowest BCUT2D eigenvalue weighted by Gasteiger charge is -2.26. The van der Waals surface area contributed by atoms with E-state index in [0.29, 0.717) is 17.5 Å². The molecule has 2 fully saturated rings. The summed E-state index contributed by atoms with van der Waals surface area (Å²) in [5.41, 5.74) is 0.492. The molecule has 0 amide bonds. The molecule has 23 heavy (non-hydrogen) atoms. The van der Waals surface area contributed by atoms with E-state index in [0.717, 1.165) is 24.8 Å². The quantitative estimate of drug-likeness (QED) is 0.588. The lowest BCUT2D eigenvalue weighted by atomic mass is 9.96. The smallest absolute Gasteiger partial charge is 0.163 e. The lowest BCUT2D eigenvalue weighted by Crippen LogP contribution is -2.34. The standard InChI is InChI=1S/C17H31N3O2S/c1-14(12-21)18-17(23-2)20-10-15(16(11-20)13-22)9-19-7-5-3-4-6-8-19/h15-16,21-22H,1,3-13H2,2H3/t15-,16-/m1/s1. The molecule has 0 saturated carbocycles. The summed E-state index contributed by atoms with van der Waals surface area (Å²) in [6.07, 6.45) is 7.30. The van der Waals surface area contributed by atoms with Gasteiger partial charge in [0.2, 0.25) is 0 Å². The Morgan fingerprint density at radius 2 is 1.78 bits per heavy atom. The number of aliphatic hydroxyl groups excluding tert-OH is 2. The number of thioether (sulfide) groups is 1. The Morgan fingerprint density at radius 1 is 1.13 bits per heavy atom. The van der Waals surface area contributed by atoms with E-state index in [9.17, 15) is 5.11 Å². The Morgan fingerprint density at radius 3 is 2.35 bits per heavy atom. The van der Waals surface area contributed by atoms with Crippen LogP contribution in [0.15, 0.2) is 17.3 Å². The van der Waals surface area contributed by atoms with E-state index in [4.69, 9.17) is 5.11 Å². The third-order valence-corrected chi connectivity index (χ3v) is 5.61. The van der Waals surface area contributed by atoms with Gasteiger partial charge in [0.05, 0.1) is 12.3 Å². The fraction of sp³-hybridized carbons (Fsp3) is 0.824. The van der Waals surface area contributed by atoms with Gasteiger partial charge >= 0.3 is 0 Å². The highest BCUT2D eigenvalue weighted by atomic mass is 32.2. The summed E-state index contributed by atoms with van der Waals surface area (Å²) in [4.78, 5) is 9.25. The number of likely N-dealkylation sites (tertiary alicyclic amines) is 2. The third kappa shape index (κ3) is 5.48. The Kier molecular flexibility index (Phi) is 7.89. The zero-order valence-electron chi connectivity index (χ0n) is 14.3. The van der Waals surface area contributed by atoms with Crippen molar-refractivity contribution in [3.8, 4) is 0 Å². The molecule has 0 radical (unpaired) electrons. The SMILES string of the molecule is C=C(CO)N=C(SC)N1C[C@@H](CN2CCCCCC2)[C@@H](CO)C1. The van der Waals surface area contributed by atoms with Gasteiger partial charge < -0.3 is 20.0 Å². The normalized spacial score (nSPS) is 27.3. The second-order valence-corrected chi connectivity index (χ2v) is 7.42. The number of aliphatic imine (C=N–C) groups is 1. The van der Waals surface area contributed by atoms with Crippen molar-refractivity contribution >= 4 is 16.9 Å². The van der Waals surface area contributed by atoms with Gasteiger partial charge in [0.1, 0.15) is 0 Å². The van der Waals surface area contributed by atoms with Gasteiger partial charge in [-0.2, -0.15) is 0 Å². The average Bonchev–Trinajstić information content (AvgIpc) is 2.78. The van der Waals surface area contributed by atoms with Crippen molar-refractivity contribution < 1.29 is 10.2 Å². The first-order chi connectivity index (χ1) is 11.2. The van der Waals surface area contributed by atoms with Gasteiger partial charge in [-0.15, -0.1) is 0 Å². The zero-order chi connectivity index (χ0) is 16.7. The molecule has 0 aromatic rings. The number of aliphatic hydroxyl groups is 2. The molecule has 6 heteroatoms. The van der Waals surface area contributed by atoms with Crippen molar-refractivity contribution in [1.82, 2.24) is 9.80 Å². The van der Waals surface area contributed by atoms with Gasteiger partial charge in [0.15, 0.2) is 5.17 Å². The van der Waals surface area contributed by atoms with Crippen LogP contribution in [0, 0.1) is 11.8 Å². The molecular formula is C17H31N3O2S. The number of hydrogen-bond donors (Lipinski definition) is 2. The highest BCUT2D eigenvalue weighted by molar-refractivity contribution is 8.13. The van der Waals surface area contributed by atoms with Crippen LogP contribution in [0.1, 0.15) is 25.7 Å². The van der Waals surface area contributed by atoms with Crippen LogP contribution < -0.4 is 0 Å². The van der Waals surface area contributed by atoms with Crippen LogP contribution in [0.3, 0.4) is 0 Å². The van der Waals surface area contributed by atoms with Crippen molar-refractivity contribution in [3.63, 3.8) is 0 Å². The number of rotatable bonds is 5. The largest absolute Gasteiger partial charge is 0.396 e. The summed E-state index contributed by atoms with van der Waals surface area (Å²) < 4.78 is 0. The monoisotopic (exact) mass is 341 g/mol. The van der Waals surface area contributed by atoms with Gasteiger partial charge in [0.25, 0.3) is 0 Å². The summed E-state index contributed by atoms with van der Waals surface area (Å²) in [6, 6.07) is 0. The Bertz CT molecular complexity index is 409. The van der Waals surface area contributed by atoms with E-state index in [1.165, 1.54) is 38.8 Å². The maximum Gasteiger partial charge on any atom is 0.163 e. The minimum atomic E-state index is -0.113. The zero-order valence-corrected chi connectivity index (χ0v) is 15.1. The first kappa shape index (κ1) is 18.8. The summed E-state index contributed by atoms with van der Waals surface area (Å²) in [6.45, 7) is 9.11. The molecule has 0 unspecified atom stereocenters. The van der Waals surface area contributed by atoms with Crippen molar-refractivity contribution in [3.05, 3.63) is 12.3 Å². The molecule has 2 N–H and O–H groups in total. The van der Waals surface area contributed by atoms with E-state index < -0.39 is 0 Å². The van der Waals surface area contributed by atoms with E-state index >= 15 is 0 Å². The maximum absolute atomic E-state index is 9.77. The van der Waals surface area contributed by atoms with Gasteiger partial charge in [-0.25, -0.2) is 4.99 Å². The van der Waals surface area contributed by atoms with Crippen molar-refractivity contribution in [2.45, 2.75) is 25.7 Å². The molecule has 0 bridgehead atoms. The molecule has 2 saturated heterocycles. The Labute approximate surface area is 144 Å². The second-order valence-electron chi connectivity index (χ2n) is 6.65. The van der Waals surface area contributed by atoms with Gasteiger partial charge in [0, 0.05) is 32.2 Å². The van der Waals surface area contributed by atoms with Crippen molar-refractivity contribution in [2.75, 3.05) is 52.2 Å². The molecule has 2 atom stereocenters. The molecule has 132 valence electrons. The molecule has 2 rings (SSSR count).